The highest BCUT2D eigenvalue weighted by Crippen LogP contribution is 2.15. The van der Waals surface area contributed by atoms with Crippen LogP contribution in [0.25, 0.3) is 0 Å². The fourth-order valence-corrected chi connectivity index (χ4v) is 2.79. The first-order chi connectivity index (χ1) is 8.02. The molecule has 0 saturated heterocycles. The van der Waals surface area contributed by atoms with Crippen LogP contribution in [0.4, 0.5) is 4.79 Å². The summed E-state index contributed by atoms with van der Waals surface area (Å²) in [5, 5.41) is 6.65. The van der Waals surface area contributed by atoms with Gasteiger partial charge in [-0.05, 0) is 27.0 Å². The van der Waals surface area contributed by atoms with Crippen molar-refractivity contribution >= 4 is 29.1 Å². The number of hydrogen-bond acceptors (Lipinski definition) is 4. The van der Waals surface area contributed by atoms with E-state index in [1.54, 1.807) is 23.1 Å². The van der Waals surface area contributed by atoms with Crippen LogP contribution in [-0.2, 0) is 6.54 Å². The van der Waals surface area contributed by atoms with Gasteiger partial charge in [-0.25, -0.2) is 9.78 Å². The second-order valence-electron chi connectivity index (χ2n) is 3.93. The topological polar surface area (TPSA) is 54.0 Å². The van der Waals surface area contributed by atoms with Crippen LogP contribution in [0.3, 0.4) is 0 Å². The Kier molecular flexibility index (Phi) is 5.77. The first-order valence-corrected chi connectivity index (χ1v) is 7.70. The number of thiazole rings is 1. The molecular weight excluding hydrogens is 254 g/mol. The summed E-state index contributed by atoms with van der Waals surface area (Å²) < 4.78 is 0. The van der Waals surface area contributed by atoms with E-state index in [1.165, 1.54) is 4.88 Å². The summed E-state index contributed by atoms with van der Waals surface area (Å²) in [6, 6.07) is 0.0572. The van der Waals surface area contributed by atoms with Crippen LogP contribution in [0, 0.1) is 13.8 Å². The van der Waals surface area contributed by atoms with E-state index >= 15 is 0 Å². The summed E-state index contributed by atoms with van der Waals surface area (Å²) in [7, 11) is 0. The monoisotopic (exact) mass is 273 g/mol. The lowest BCUT2D eigenvalue weighted by molar-refractivity contribution is 0.238. The summed E-state index contributed by atoms with van der Waals surface area (Å²) in [4.78, 5) is 17.1. The molecule has 0 fully saturated rings. The molecule has 0 spiro atoms. The highest BCUT2D eigenvalue weighted by molar-refractivity contribution is 7.98. The zero-order valence-electron chi connectivity index (χ0n) is 10.7. The molecule has 0 aliphatic rings. The Balaban J connectivity index is 2.33. The third-order valence-corrected chi connectivity index (χ3v) is 4.17. The lowest BCUT2D eigenvalue weighted by Gasteiger charge is -2.12. The predicted molar refractivity (Wildman–Crippen MR) is 74.8 cm³/mol. The molecule has 0 aromatic carbocycles. The van der Waals surface area contributed by atoms with Crippen LogP contribution in [0.5, 0.6) is 0 Å². The molecule has 6 heteroatoms. The largest absolute Gasteiger partial charge is 0.335 e. The lowest BCUT2D eigenvalue weighted by atomic mass is 10.4. The van der Waals surface area contributed by atoms with Gasteiger partial charge in [0.15, 0.2) is 0 Å². The molecule has 1 aromatic heterocycles. The normalized spacial score (nSPS) is 12.2. The van der Waals surface area contributed by atoms with Crippen molar-refractivity contribution < 1.29 is 4.79 Å². The van der Waals surface area contributed by atoms with Gasteiger partial charge in [-0.1, -0.05) is 0 Å². The second kappa shape index (κ2) is 6.86. The molecule has 0 unspecified atom stereocenters. The standard InChI is InChI=1S/C11H19N3OS2/c1-7(6-16-4)13-11(15)12-5-10-14-8(2)9(3)17-10/h7H,5-6H2,1-4H3,(H2,12,13,15)/t7-/m1/s1. The van der Waals surface area contributed by atoms with E-state index in [4.69, 9.17) is 0 Å². The minimum atomic E-state index is -0.128. The van der Waals surface area contributed by atoms with E-state index in [1.807, 2.05) is 27.0 Å². The van der Waals surface area contributed by atoms with Gasteiger partial charge in [0.1, 0.15) is 5.01 Å². The Labute approximate surface area is 111 Å². The van der Waals surface area contributed by atoms with Gasteiger partial charge in [0, 0.05) is 16.7 Å². The molecule has 96 valence electrons. The summed E-state index contributed by atoms with van der Waals surface area (Å²) >= 11 is 3.35. The van der Waals surface area contributed by atoms with Crippen molar-refractivity contribution in [3.8, 4) is 0 Å². The van der Waals surface area contributed by atoms with Crippen molar-refractivity contribution in [2.45, 2.75) is 33.4 Å². The Hall–Kier alpha value is -0.750. The maximum atomic E-state index is 11.5. The van der Waals surface area contributed by atoms with Gasteiger partial charge in [0.05, 0.1) is 12.2 Å². The molecule has 4 nitrogen and oxygen atoms in total. The molecule has 1 atom stereocenters. The number of thioether (sulfide) groups is 1. The number of carbonyl (C=O) groups is 1. The van der Waals surface area contributed by atoms with Crippen LogP contribution in [-0.4, -0.2) is 29.1 Å². The summed E-state index contributed by atoms with van der Waals surface area (Å²) in [5.41, 5.74) is 1.04. The third kappa shape index (κ3) is 4.95. The molecule has 17 heavy (non-hydrogen) atoms. The van der Waals surface area contributed by atoms with Crippen molar-refractivity contribution in [2.24, 2.45) is 0 Å². The van der Waals surface area contributed by atoms with E-state index in [2.05, 4.69) is 15.6 Å². The van der Waals surface area contributed by atoms with Gasteiger partial charge in [0.25, 0.3) is 0 Å². The third-order valence-electron chi connectivity index (χ3n) is 2.27. The summed E-state index contributed by atoms with van der Waals surface area (Å²) in [6.45, 7) is 6.51. The molecule has 0 radical (unpaired) electrons. The first-order valence-electron chi connectivity index (χ1n) is 5.49. The van der Waals surface area contributed by atoms with Crippen molar-refractivity contribution in [3.05, 3.63) is 15.6 Å². The Morgan fingerprint density at radius 2 is 2.24 bits per heavy atom. The second-order valence-corrected chi connectivity index (χ2v) is 6.13. The predicted octanol–water partition coefficient (Wildman–Crippen LogP) is 2.31. The van der Waals surface area contributed by atoms with Crippen LogP contribution >= 0.6 is 23.1 Å². The number of rotatable bonds is 5. The molecule has 0 saturated carbocycles. The number of urea groups is 1. The number of nitrogens with zero attached hydrogens (tertiary/aromatic N) is 1. The fourth-order valence-electron chi connectivity index (χ4n) is 1.34. The van der Waals surface area contributed by atoms with Crippen LogP contribution in [0.1, 0.15) is 22.5 Å². The number of nitrogens with one attached hydrogen (secondary N) is 2. The number of hydrogen-bond donors (Lipinski definition) is 2. The van der Waals surface area contributed by atoms with E-state index in [-0.39, 0.29) is 12.1 Å². The van der Waals surface area contributed by atoms with E-state index in [9.17, 15) is 4.79 Å². The number of aromatic nitrogens is 1. The van der Waals surface area contributed by atoms with E-state index in [0.717, 1.165) is 16.5 Å². The molecule has 2 N–H and O–H groups in total. The molecule has 1 aromatic rings. The van der Waals surface area contributed by atoms with Gasteiger partial charge in [-0.3, -0.25) is 0 Å². The van der Waals surface area contributed by atoms with Gasteiger partial charge in [-0.15, -0.1) is 11.3 Å². The Morgan fingerprint density at radius 3 is 2.76 bits per heavy atom. The summed E-state index contributed by atoms with van der Waals surface area (Å²) in [6.07, 6.45) is 2.03. The molecule has 0 aliphatic heterocycles. The molecule has 1 rings (SSSR count). The average Bonchev–Trinajstić information content (AvgIpc) is 2.56. The van der Waals surface area contributed by atoms with Crippen LogP contribution < -0.4 is 10.6 Å². The highest BCUT2D eigenvalue weighted by Gasteiger charge is 2.08. The lowest BCUT2D eigenvalue weighted by Crippen LogP contribution is -2.41. The smallest absolute Gasteiger partial charge is 0.315 e. The molecular formula is C11H19N3OS2. The Bertz CT molecular complexity index is 359. The molecule has 0 aliphatic carbocycles. The zero-order valence-corrected chi connectivity index (χ0v) is 12.3. The van der Waals surface area contributed by atoms with Gasteiger partial charge < -0.3 is 10.6 Å². The van der Waals surface area contributed by atoms with Gasteiger partial charge >= 0.3 is 6.03 Å². The van der Waals surface area contributed by atoms with Crippen molar-refractivity contribution in [2.75, 3.05) is 12.0 Å². The van der Waals surface area contributed by atoms with E-state index in [0.29, 0.717) is 6.54 Å². The van der Waals surface area contributed by atoms with Crippen molar-refractivity contribution in [3.63, 3.8) is 0 Å². The molecule has 0 bridgehead atoms. The van der Waals surface area contributed by atoms with Crippen LogP contribution in [0.2, 0.25) is 0 Å². The molecule has 2 amide bonds. The number of amides is 2. The van der Waals surface area contributed by atoms with Crippen molar-refractivity contribution in [1.29, 1.82) is 0 Å². The van der Waals surface area contributed by atoms with E-state index < -0.39 is 0 Å². The maximum absolute atomic E-state index is 11.5. The minimum absolute atomic E-state index is 0.128. The highest BCUT2D eigenvalue weighted by atomic mass is 32.2. The van der Waals surface area contributed by atoms with Gasteiger partial charge in [0.2, 0.25) is 0 Å². The summed E-state index contributed by atoms with van der Waals surface area (Å²) in [5.74, 6) is 0.920. The quantitative estimate of drug-likeness (QED) is 0.865. The van der Waals surface area contributed by atoms with Crippen molar-refractivity contribution in [1.82, 2.24) is 15.6 Å². The Morgan fingerprint density at radius 1 is 1.53 bits per heavy atom. The number of carbonyl (C=O) groups excluding carboxylic acids is 1. The average molecular weight is 273 g/mol. The maximum Gasteiger partial charge on any atom is 0.315 e. The molecule has 1 heterocycles. The first kappa shape index (κ1) is 14.3. The SMILES string of the molecule is CSC[C@@H](C)NC(=O)NCc1nc(C)c(C)s1. The van der Waals surface area contributed by atoms with Crippen LogP contribution in [0.15, 0.2) is 0 Å². The zero-order chi connectivity index (χ0) is 12.8. The van der Waals surface area contributed by atoms with Gasteiger partial charge in [-0.2, -0.15) is 11.8 Å². The minimum Gasteiger partial charge on any atom is -0.335 e. The number of aryl methyl sites for hydroxylation is 2. The fraction of sp³-hybridized carbons (Fsp3) is 0.636.